The highest BCUT2D eigenvalue weighted by atomic mass is 35.5. The highest BCUT2D eigenvalue weighted by Gasteiger charge is 2.17. The number of halogens is 1. The van der Waals surface area contributed by atoms with Crippen molar-refractivity contribution in [2.75, 3.05) is 7.11 Å². The van der Waals surface area contributed by atoms with Crippen LogP contribution in [-0.4, -0.2) is 16.7 Å². The average molecular weight is 262 g/mol. The van der Waals surface area contributed by atoms with E-state index in [2.05, 4.69) is 4.98 Å². The molecule has 0 atom stereocenters. The molecule has 1 aromatic heterocycles. The molecule has 0 saturated carbocycles. The number of aryl methyl sites for hydroxylation is 1. The van der Waals surface area contributed by atoms with Crippen LogP contribution in [0.25, 0.3) is 11.4 Å². The van der Waals surface area contributed by atoms with Gasteiger partial charge in [0.25, 0.3) is 0 Å². The molecule has 0 radical (unpaired) electrons. The standard InChI is InChI=1S/C13H12ClN3O/c1-8-4-5-11(18-3)9(6-8)13-16-10(7-15)12(14)17(13)2/h4-6H,1-3H3. The van der Waals surface area contributed by atoms with E-state index in [9.17, 15) is 0 Å². The van der Waals surface area contributed by atoms with E-state index in [4.69, 9.17) is 21.6 Å². The second-order valence-corrected chi connectivity index (χ2v) is 4.31. The van der Waals surface area contributed by atoms with Crippen LogP contribution < -0.4 is 4.74 Å². The van der Waals surface area contributed by atoms with Gasteiger partial charge in [0.05, 0.1) is 12.7 Å². The maximum absolute atomic E-state index is 8.94. The fourth-order valence-electron chi connectivity index (χ4n) is 1.79. The number of methoxy groups -OCH3 is 1. The van der Waals surface area contributed by atoms with E-state index in [1.54, 1.807) is 18.7 Å². The zero-order valence-electron chi connectivity index (χ0n) is 10.4. The van der Waals surface area contributed by atoms with Gasteiger partial charge in [-0.05, 0) is 19.1 Å². The molecule has 4 nitrogen and oxygen atoms in total. The third-order valence-corrected chi connectivity index (χ3v) is 3.16. The molecule has 0 amide bonds. The number of benzene rings is 1. The van der Waals surface area contributed by atoms with Gasteiger partial charge in [-0.15, -0.1) is 0 Å². The van der Waals surface area contributed by atoms with Crippen molar-refractivity contribution in [2.24, 2.45) is 7.05 Å². The Labute approximate surface area is 110 Å². The fraction of sp³-hybridized carbons (Fsp3) is 0.231. The van der Waals surface area contributed by atoms with Crippen molar-refractivity contribution in [1.29, 1.82) is 5.26 Å². The summed E-state index contributed by atoms with van der Waals surface area (Å²) in [6, 6.07) is 7.76. The third kappa shape index (κ3) is 1.93. The summed E-state index contributed by atoms with van der Waals surface area (Å²) in [6.45, 7) is 1.98. The van der Waals surface area contributed by atoms with Gasteiger partial charge in [0.2, 0.25) is 0 Å². The highest BCUT2D eigenvalue weighted by Crippen LogP contribution is 2.32. The van der Waals surface area contributed by atoms with Crippen molar-refractivity contribution in [3.8, 4) is 23.2 Å². The predicted molar refractivity (Wildman–Crippen MR) is 69.7 cm³/mol. The quantitative estimate of drug-likeness (QED) is 0.835. The van der Waals surface area contributed by atoms with Crippen molar-refractivity contribution >= 4 is 11.6 Å². The third-order valence-electron chi connectivity index (χ3n) is 2.73. The first-order valence-electron chi connectivity index (χ1n) is 5.35. The number of aromatic nitrogens is 2. The molecule has 0 aliphatic rings. The summed E-state index contributed by atoms with van der Waals surface area (Å²) in [5.74, 6) is 1.33. The first kappa shape index (κ1) is 12.5. The maximum atomic E-state index is 8.94. The minimum atomic E-state index is 0.220. The van der Waals surface area contributed by atoms with E-state index in [-0.39, 0.29) is 5.69 Å². The van der Waals surface area contributed by atoms with Gasteiger partial charge in [0.15, 0.2) is 5.69 Å². The minimum absolute atomic E-state index is 0.220. The lowest BCUT2D eigenvalue weighted by Crippen LogP contribution is -1.96. The van der Waals surface area contributed by atoms with Gasteiger partial charge in [-0.2, -0.15) is 5.26 Å². The smallest absolute Gasteiger partial charge is 0.178 e. The molecular weight excluding hydrogens is 250 g/mol. The Kier molecular flexibility index (Phi) is 3.26. The zero-order valence-corrected chi connectivity index (χ0v) is 11.1. The lowest BCUT2D eigenvalue weighted by molar-refractivity contribution is 0.416. The summed E-state index contributed by atoms with van der Waals surface area (Å²) in [4.78, 5) is 4.24. The minimum Gasteiger partial charge on any atom is -0.496 e. The van der Waals surface area contributed by atoms with Gasteiger partial charge >= 0.3 is 0 Å². The molecule has 5 heteroatoms. The topological polar surface area (TPSA) is 50.8 Å². The van der Waals surface area contributed by atoms with Crippen molar-refractivity contribution in [3.63, 3.8) is 0 Å². The van der Waals surface area contributed by atoms with E-state index in [1.165, 1.54) is 0 Å². The fourth-order valence-corrected chi connectivity index (χ4v) is 1.95. The molecule has 0 aliphatic carbocycles. The van der Waals surface area contributed by atoms with Gasteiger partial charge in [0, 0.05) is 7.05 Å². The van der Waals surface area contributed by atoms with Crippen molar-refractivity contribution in [3.05, 3.63) is 34.6 Å². The number of nitrogens with zero attached hydrogens (tertiary/aromatic N) is 3. The SMILES string of the molecule is COc1ccc(C)cc1-c1nc(C#N)c(Cl)n1C. The molecule has 1 aromatic carbocycles. The molecule has 0 aliphatic heterocycles. The van der Waals surface area contributed by atoms with Crippen LogP contribution in [0.2, 0.25) is 5.15 Å². The van der Waals surface area contributed by atoms with Gasteiger partial charge in [-0.3, -0.25) is 0 Å². The lowest BCUT2D eigenvalue weighted by atomic mass is 10.1. The number of nitriles is 1. The predicted octanol–water partition coefficient (Wildman–Crippen LogP) is 2.93. The Morgan fingerprint density at radius 2 is 2.17 bits per heavy atom. The molecule has 0 bridgehead atoms. The Morgan fingerprint density at radius 1 is 1.44 bits per heavy atom. The van der Waals surface area contributed by atoms with E-state index < -0.39 is 0 Å². The lowest BCUT2D eigenvalue weighted by Gasteiger charge is -2.09. The van der Waals surface area contributed by atoms with Crippen LogP contribution in [0, 0.1) is 18.3 Å². The van der Waals surface area contributed by atoms with Crippen LogP contribution >= 0.6 is 11.6 Å². The first-order chi connectivity index (χ1) is 8.58. The van der Waals surface area contributed by atoms with Crippen LogP contribution in [0.1, 0.15) is 11.3 Å². The molecule has 0 unspecified atom stereocenters. The zero-order chi connectivity index (χ0) is 13.3. The molecule has 0 fully saturated rings. The van der Waals surface area contributed by atoms with Crippen LogP contribution in [0.15, 0.2) is 18.2 Å². The highest BCUT2D eigenvalue weighted by molar-refractivity contribution is 6.30. The van der Waals surface area contributed by atoms with E-state index in [1.807, 2.05) is 31.2 Å². The van der Waals surface area contributed by atoms with E-state index >= 15 is 0 Å². The van der Waals surface area contributed by atoms with Crippen LogP contribution in [0.4, 0.5) is 0 Å². The number of imidazole rings is 1. The molecule has 1 heterocycles. The molecular formula is C13H12ClN3O. The summed E-state index contributed by atoms with van der Waals surface area (Å²) < 4.78 is 6.99. The summed E-state index contributed by atoms with van der Waals surface area (Å²) in [5.41, 5.74) is 2.13. The first-order valence-corrected chi connectivity index (χ1v) is 5.73. The Balaban J connectivity index is 2.69. The van der Waals surface area contributed by atoms with Gasteiger partial charge in [-0.1, -0.05) is 23.2 Å². The largest absolute Gasteiger partial charge is 0.496 e. The summed E-state index contributed by atoms with van der Waals surface area (Å²) in [6.07, 6.45) is 0. The second kappa shape index (κ2) is 4.71. The second-order valence-electron chi connectivity index (χ2n) is 3.95. The molecule has 92 valence electrons. The Bertz CT molecular complexity index is 640. The van der Waals surface area contributed by atoms with Gasteiger partial charge in [-0.25, -0.2) is 4.98 Å². The van der Waals surface area contributed by atoms with Crippen LogP contribution in [0.5, 0.6) is 5.75 Å². The molecule has 0 spiro atoms. The molecule has 0 saturated heterocycles. The van der Waals surface area contributed by atoms with E-state index in [0.29, 0.717) is 16.7 Å². The van der Waals surface area contributed by atoms with Gasteiger partial charge < -0.3 is 9.30 Å². The number of hydrogen-bond acceptors (Lipinski definition) is 3. The van der Waals surface area contributed by atoms with Gasteiger partial charge in [0.1, 0.15) is 22.8 Å². The number of rotatable bonds is 2. The Morgan fingerprint density at radius 3 is 2.72 bits per heavy atom. The number of hydrogen-bond donors (Lipinski definition) is 0. The van der Waals surface area contributed by atoms with Crippen molar-refractivity contribution in [2.45, 2.75) is 6.92 Å². The molecule has 2 rings (SSSR count). The van der Waals surface area contributed by atoms with Crippen molar-refractivity contribution in [1.82, 2.24) is 9.55 Å². The average Bonchev–Trinajstić information content (AvgIpc) is 2.66. The molecule has 0 N–H and O–H groups in total. The van der Waals surface area contributed by atoms with E-state index in [0.717, 1.165) is 11.1 Å². The monoisotopic (exact) mass is 261 g/mol. The molecule has 18 heavy (non-hydrogen) atoms. The van der Waals surface area contributed by atoms with Crippen molar-refractivity contribution < 1.29 is 4.74 Å². The normalized spacial score (nSPS) is 10.2. The maximum Gasteiger partial charge on any atom is 0.178 e. The summed E-state index contributed by atoms with van der Waals surface area (Å²) >= 11 is 6.04. The summed E-state index contributed by atoms with van der Waals surface area (Å²) in [7, 11) is 3.37. The number of ether oxygens (including phenoxy) is 1. The molecule has 2 aromatic rings. The Hall–Kier alpha value is -1.99. The summed E-state index contributed by atoms with van der Waals surface area (Å²) in [5, 5.41) is 9.27. The van der Waals surface area contributed by atoms with Crippen LogP contribution in [-0.2, 0) is 7.05 Å². The van der Waals surface area contributed by atoms with Crippen LogP contribution in [0.3, 0.4) is 0 Å².